The first-order valence-electron chi connectivity index (χ1n) is 25.7. The molecule has 14 aromatic rings. The lowest BCUT2D eigenvalue weighted by atomic mass is 9.89. The summed E-state index contributed by atoms with van der Waals surface area (Å²) in [6.07, 6.45) is 0. The first kappa shape index (κ1) is 42.5. The van der Waals surface area contributed by atoms with E-state index in [-0.39, 0.29) is 0 Å². The molecule has 2 heterocycles. The van der Waals surface area contributed by atoms with Crippen molar-refractivity contribution in [2.45, 2.75) is 13.1 Å². The van der Waals surface area contributed by atoms with Crippen molar-refractivity contribution in [3.8, 4) is 22.3 Å². The molecule has 3 nitrogen and oxygen atoms in total. The predicted molar refractivity (Wildman–Crippen MR) is 318 cm³/mol. The molecule has 0 aliphatic carbocycles. The van der Waals surface area contributed by atoms with Crippen LogP contribution >= 0.6 is 0 Å². The molecule has 0 saturated carbocycles. The summed E-state index contributed by atoms with van der Waals surface area (Å²) in [5.41, 5.74) is 13.3. The fourth-order valence-electron chi connectivity index (χ4n) is 12.5. The maximum atomic E-state index is 6.84. The number of anilines is 6. The zero-order valence-electron chi connectivity index (χ0n) is 41.1. The molecule has 15 rings (SSSR count). The lowest BCUT2D eigenvalue weighted by Gasteiger charge is -2.36. The van der Waals surface area contributed by atoms with E-state index in [1.165, 1.54) is 80.9 Å². The van der Waals surface area contributed by atoms with Gasteiger partial charge in [-0.15, -0.1) is 0 Å². The number of fused-ring (bicyclic) bond motifs is 12. The SMILES string of the molecule is C[Si]1(C)c2cc(N(c3ccccc3-c3ccccc3)c3cccc4c3oc3ccccc34)ccc2-c2cc3c4ccccc4c(N(c4ccccc4)c4ccc5c(ccc6ccccc65)c4)cc3c3cccc1c23. The van der Waals surface area contributed by atoms with Crippen LogP contribution < -0.4 is 20.2 Å². The molecule has 0 radical (unpaired) electrons. The number of benzene rings is 13. The van der Waals surface area contributed by atoms with E-state index >= 15 is 0 Å². The summed E-state index contributed by atoms with van der Waals surface area (Å²) in [4.78, 5) is 4.91. The highest BCUT2D eigenvalue weighted by Gasteiger charge is 2.37. The van der Waals surface area contributed by atoms with Crippen LogP contribution in [0.25, 0.3) is 98.1 Å². The molecule has 0 unspecified atom stereocenters. The van der Waals surface area contributed by atoms with Gasteiger partial charge in [0.05, 0.1) is 17.1 Å². The monoisotopic (exact) mass is 960 g/mol. The van der Waals surface area contributed by atoms with Crippen LogP contribution in [0.2, 0.25) is 13.1 Å². The van der Waals surface area contributed by atoms with E-state index in [1.54, 1.807) is 0 Å². The molecule has 0 atom stereocenters. The smallest absolute Gasteiger partial charge is 0.159 e. The minimum Gasteiger partial charge on any atom is -0.454 e. The van der Waals surface area contributed by atoms with E-state index in [0.29, 0.717) is 0 Å². The second-order valence-corrected chi connectivity index (χ2v) is 24.7. The van der Waals surface area contributed by atoms with Crippen LogP contribution in [0.3, 0.4) is 0 Å². The Morgan fingerprint density at radius 1 is 0.311 bits per heavy atom. The molecule has 13 aromatic carbocycles. The lowest BCUT2D eigenvalue weighted by molar-refractivity contribution is 0.669. The summed E-state index contributed by atoms with van der Waals surface area (Å²) in [6.45, 7) is 5.09. The number of nitrogens with zero attached hydrogens (tertiary/aromatic N) is 2. The molecule has 348 valence electrons. The minimum atomic E-state index is -2.39. The van der Waals surface area contributed by atoms with E-state index < -0.39 is 8.07 Å². The fraction of sp³-hybridized carbons (Fsp3) is 0.0286. The van der Waals surface area contributed by atoms with Gasteiger partial charge in [0.25, 0.3) is 0 Å². The molecule has 1 aliphatic heterocycles. The molecule has 1 aliphatic rings. The molecule has 4 heteroatoms. The quantitative estimate of drug-likeness (QED) is 0.117. The van der Waals surface area contributed by atoms with Gasteiger partial charge in [-0.05, 0) is 142 Å². The van der Waals surface area contributed by atoms with Crippen molar-refractivity contribution in [1.29, 1.82) is 0 Å². The van der Waals surface area contributed by atoms with Gasteiger partial charge in [-0.2, -0.15) is 0 Å². The van der Waals surface area contributed by atoms with Crippen LogP contribution in [0.4, 0.5) is 34.1 Å². The second kappa shape index (κ2) is 16.4. The highest BCUT2D eigenvalue weighted by Crippen LogP contribution is 2.49. The van der Waals surface area contributed by atoms with E-state index in [2.05, 4.69) is 278 Å². The van der Waals surface area contributed by atoms with Gasteiger partial charge in [-0.1, -0.05) is 201 Å². The van der Waals surface area contributed by atoms with Gasteiger partial charge in [0.1, 0.15) is 13.7 Å². The van der Waals surface area contributed by atoms with E-state index in [9.17, 15) is 0 Å². The zero-order chi connectivity index (χ0) is 49.1. The van der Waals surface area contributed by atoms with Crippen LogP contribution in [0.15, 0.2) is 259 Å². The highest BCUT2D eigenvalue weighted by molar-refractivity contribution is 7.03. The largest absolute Gasteiger partial charge is 0.454 e. The van der Waals surface area contributed by atoms with Crippen LogP contribution in [0.1, 0.15) is 0 Å². The highest BCUT2D eigenvalue weighted by atomic mass is 28.3. The molecular weight excluding hydrogens is 913 g/mol. The molecule has 0 bridgehead atoms. The van der Waals surface area contributed by atoms with Gasteiger partial charge < -0.3 is 14.2 Å². The van der Waals surface area contributed by atoms with Crippen LogP contribution in [-0.4, -0.2) is 8.07 Å². The second-order valence-electron chi connectivity index (χ2n) is 20.4. The molecule has 1 aromatic heterocycles. The Balaban J connectivity index is 0.956. The summed E-state index contributed by atoms with van der Waals surface area (Å²) in [5, 5.41) is 17.8. The summed E-state index contributed by atoms with van der Waals surface area (Å²) in [5.74, 6) is 0. The first-order chi connectivity index (χ1) is 36.5. The average molecular weight is 961 g/mol. The number of para-hydroxylation sites is 4. The Hall–Kier alpha value is -9.22. The van der Waals surface area contributed by atoms with E-state index in [0.717, 1.165) is 61.6 Å². The molecule has 0 fully saturated rings. The van der Waals surface area contributed by atoms with E-state index in [1.807, 2.05) is 0 Å². The Morgan fingerprint density at radius 3 is 1.80 bits per heavy atom. The summed E-state index contributed by atoms with van der Waals surface area (Å²) >= 11 is 0. The summed E-state index contributed by atoms with van der Waals surface area (Å²) in [7, 11) is -2.39. The van der Waals surface area contributed by atoms with Gasteiger partial charge >= 0.3 is 0 Å². The third kappa shape index (κ3) is 6.38. The van der Waals surface area contributed by atoms with E-state index in [4.69, 9.17) is 4.42 Å². The average Bonchev–Trinajstić information content (AvgIpc) is 3.85. The van der Waals surface area contributed by atoms with Gasteiger partial charge in [0.15, 0.2) is 5.58 Å². The van der Waals surface area contributed by atoms with Crippen molar-refractivity contribution < 1.29 is 4.42 Å². The number of hydrogen-bond acceptors (Lipinski definition) is 3. The lowest BCUT2D eigenvalue weighted by Crippen LogP contribution is -2.56. The van der Waals surface area contributed by atoms with Gasteiger partial charge in [-0.3, -0.25) is 0 Å². The molecule has 0 saturated heterocycles. The topological polar surface area (TPSA) is 19.6 Å². The number of rotatable bonds is 7. The fourth-order valence-corrected chi connectivity index (χ4v) is 15.6. The first-order valence-corrected chi connectivity index (χ1v) is 28.7. The normalized spacial score (nSPS) is 12.8. The van der Waals surface area contributed by atoms with Crippen LogP contribution in [0.5, 0.6) is 0 Å². The van der Waals surface area contributed by atoms with Gasteiger partial charge in [0.2, 0.25) is 0 Å². The Morgan fingerprint density at radius 2 is 0.932 bits per heavy atom. The van der Waals surface area contributed by atoms with Crippen molar-refractivity contribution in [1.82, 2.24) is 0 Å². The zero-order valence-corrected chi connectivity index (χ0v) is 42.1. The molecule has 0 amide bonds. The summed E-state index contributed by atoms with van der Waals surface area (Å²) < 4.78 is 6.84. The van der Waals surface area contributed by atoms with Crippen molar-refractivity contribution in [2.75, 3.05) is 9.80 Å². The van der Waals surface area contributed by atoms with Crippen LogP contribution in [-0.2, 0) is 0 Å². The number of furan rings is 1. The van der Waals surface area contributed by atoms with Crippen molar-refractivity contribution in [2.24, 2.45) is 0 Å². The third-order valence-electron chi connectivity index (χ3n) is 16.0. The van der Waals surface area contributed by atoms with Crippen molar-refractivity contribution in [3.63, 3.8) is 0 Å². The molecule has 74 heavy (non-hydrogen) atoms. The van der Waals surface area contributed by atoms with Crippen molar-refractivity contribution in [3.05, 3.63) is 255 Å². The minimum absolute atomic E-state index is 0.874. The molecular formula is C70H48N2OSi. The molecule has 0 spiro atoms. The predicted octanol–water partition coefficient (Wildman–Crippen LogP) is 18.8. The standard InChI is InChI=1S/C70H48N2OSi/c1-74(2)67-34-18-29-58-61-44-65(71(48-22-7-4-8-23-48)49-37-39-52-47(41-49)36-35-46-21-9-10-24-51(46)52)55-27-12-11-26-54(55)60(61)43-62(69(58)67)57-40-38-50(42-68(57)74)72(63-31-15-13-25-53(63)45-19-5-3-6-20-45)64-32-17-30-59-56-28-14-16-33-66(56)73-70(59)64/h3-44H,1-2H3. The maximum absolute atomic E-state index is 6.84. The number of hydrogen-bond donors (Lipinski definition) is 0. The molecule has 0 N–H and O–H groups in total. The Kier molecular flexibility index (Phi) is 9.41. The van der Waals surface area contributed by atoms with Crippen LogP contribution in [0, 0.1) is 0 Å². The third-order valence-corrected chi connectivity index (χ3v) is 19.5. The Labute approximate surface area is 430 Å². The maximum Gasteiger partial charge on any atom is 0.159 e. The van der Waals surface area contributed by atoms with Gasteiger partial charge in [-0.25, -0.2) is 0 Å². The Bertz CT molecular complexity index is 4600. The summed E-state index contributed by atoms with van der Waals surface area (Å²) in [6, 6.07) is 94.0. The van der Waals surface area contributed by atoms with Crippen molar-refractivity contribution >= 4 is 128 Å². The van der Waals surface area contributed by atoms with Gasteiger partial charge in [0, 0.05) is 38.8 Å².